The van der Waals surface area contributed by atoms with Crippen molar-refractivity contribution >= 4 is 78.1 Å². The zero-order chi connectivity index (χ0) is 18.1. The van der Waals surface area contributed by atoms with E-state index < -0.39 is 18.4 Å². The van der Waals surface area contributed by atoms with E-state index in [9.17, 15) is 9.59 Å². The lowest BCUT2D eigenvalue weighted by Gasteiger charge is -2.09. The Hall–Kier alpha value is -1.42. The third-order valence-corrected chi connectivity index (χ3v) is 5.82. The number of hydrogen-bond acceptors (Lipinski definition) is 5. The molecule has 1 aliphatic rings. The van der Waals surface area contributed by atoms with Crippen LogP contribution >= 0.6 is 55.8 Å². The van der Waals surface area contributed by atoms with Crippen molar-refractivity contribution in [3.63, 3.8) is 0 Å². The highest BCUT2D eigenvalue weighted by molar-refractivity contribution is 9.11. The van der Waals surface area contributed by atoms with E-state index >= 15 is 0 Å². The quantitative estimate of drug-likeness (QED) is 0.480. The van der Waals surface area contributed by atoms with Gasteiger partial charge in [0.2, 0.25) is 0 Å². The number of halogens is 2. The van der Waals surface area contributed by atoms with Gasteiger partial charge in [-0.05, 0) is 30.3 Å². The zero-order valence-corrected chi connectivity index (χ0v) is 17.2. The summed E-state index contributed by atoms with van der Waals surface area (Å²) in [5.41, 5.74) is 0.868. The van der Waals surface area contributed by atoms with E-state index in [-0.39, 0.29) is 4.32 Å². The summed E-state index contributed by atoms with van der Waals surface area (Å²) in [6.07, 6.45) is 1.57. The van der Waals surface area contributed by atoms with Crippen molar-refractivity contribution in [1.82, 2.24) is 4.90 Å². The highest BCUT2D eigenvalue weighted by atomic mass is 79.9. The number of thiocarbonyl (C=S) groups is 1. The molecule has 0 atom stereocenters. The molecule has 5 nitrogen and oxygen atoms in total. The van der Waals surface area contributed by atoms with Crippen molar-refractivity contribution in [3.05, 3.63) is 49.9 Å². The van der Waals surface area contributed by atoms with Crippen LogP contribution in [0.25, 0.3) is 17.4 Å². The molecule has 0 bridgehead atoms. The minimum absolute atomic E-state index is 0.222. The van der Waals surface area contributed by atoms with Gasteiger partial charge in [-0.15, -0.1) is 0 Å². The molecule has 1 amide bonds. The van der Waals surface area contributed by atoms with Gasteiger partial charge in [-0.3, -0.25) is 14.5 Å². The molecule has 25 heavy (non-hydrogen) atoms. The van der Waals surface area contributed by atoms with Crippen LogP contribution in [0.3, 0.4) is 0 Å². The summed E-state index contributed by atoms with van der Waals surface area (Å²) >= 11 is 13.0. The fourth-order valence-electron chi connectivity index (χ4n) is 2.16. The molecular weight excluding hydrogens is 494 g/mol. The van der Waals surface area contributed by atoms with Crippen molar-refractivity contribution in [2.45, 2.75) is 0 Å². The van der Waals surface area contributed by atoms with Crippen molar-refractivity contribution < 1.29 is 19.1 Å². The van der Waals surface area contributed by atoms with Gasteiger partial charge in [-0.2, -0.15) is 0 Å². The largest absolute Gasteiger partial charge is 0.480 e. The number of carboxylic acids is 1. The van der Waals surface area contributed by atoms with E-state index in [1.807, 2.05) is 18.2 Å². The molecule has 1 aromatic carbocycles. The van der Waals surface area contributed by atoms with E-state index in [0.29, 0.717) is 16.4 Å². The second-order valence-electron chi connectivity index (χ2n) is 4.99. The lowest BCUT2D eigenvalue weighted by Crippen LogP contribution is -2.33. The fourth-order valence-corrected chi connectivity index (χ4v) is 4.20. The number of carbonyl (C=O) groups excluding carboxylic acids is 1. The number of nitrogens with zero attached hydrogens (tertiary/aromatic N) is 1. The number of furan rings is 1. The van der Waals surface area contributed by atoms with E-state index in [4.69, 9.17) is 21.7 Å². The molecule has 0 spiro atoms. The minimum atomic E-state index is -1.11. The smallest absolute Gasteiger partial charge is 0.323 e. The van der Waals surface area contributed by atoms with Gasteiger partial charge in [-0.1, -0.05) is 55.8 Å². The molecule has 1 fully saturated rings. The van der Waals surface area contributed by atoms with Gasteiger partial charge >= 0.3 is 5.97 Å². The third-order valence-electron chi connectivity index (χ3n) is 3.26. The summed E-state index contributed by atoms with van der Waals surface area (Å²) in [4.78, 5) is 24.5. The molecule has 0 unspecified atom stereocenters. The Kier molecular flexibility index (Phi) is 5.47. The molecule has 2 aromatic rings. The second kappa shape index (κ2) is 7.45. The van der Waals surface area contributed by atoms with E-state index in [1.54, 1.807) is 18.2 Å². The van der Waals surface area contributed by atoms with Gasteiger partial charge in [0.05, 0.1) is 4.91 Å². The first-order chi connectivity index (χ1) is 11.8. The Bertz CT molecular complexity index is 923. The lowest BCUT2D eigenvalue weighted by atomic mass is 10.2. The molecular formula is C16H9Br2NO4S2. The van der Waals surface area contributed by atoms with E-state index in [1.165, 1.54) is 0 Å². The van der Waals surface area contributed by atoms with E-state index in [2.05, 4.69) is 31.9 Å². The first-order valence-corrected chi connectivity index (χ1v) is 9.68. The van der Waals surface area contributed by atoms with Crippen molar-refractivity contribution in [2.24, 2.45) is 0 Å². The third kappa shape index (κ3) is 4.05. The predicted octanol–water partition coefficient (Wildman–Crippen LogP) is 4.76. The van der Waals surface area contributed by atoms with Crippen LogP contribution in [0.2, 0.25) is 0 Å². The summed E-state index contributed by atoms with van der Waals surface area (Å²) in [5, 5.41) is 8.85. The van der Waals surface area contributed by atoms with E-state index in [0.717, 1.165) is 31.2 Å². The van der Waals surface area contributed by atoms with Crippen LogP contribution < -0.4 is 0 Å². The number of benzene rings is 1. The Morgan fingerprint density at radius 1 is 1.32 bits per heavy atom. The van der Waals surface area contributed by atoms with Crippen molar-refractivity contribution in [2.75, 3.05) is 6.54 Å². The van der Waals surface area contributed by atoms with Crippen LogP contribution in [0, 0.1) is 0 Å². The summed E-state index contributed by atoms with van der Waals surface area (Å²) in [5.74, 6) is -0.422. The maximum atomic E-state index is 12.3. The number of amides is 1. The first kappa shape index (κ1) is 18.4. The molecule has 1 N–H and O–H groups in total. The zero-order valence-electron chi connectivity index (χ0n) is 12.4. The lowest BCUT2D eigenvalue weighted by molar-refractivity contribution is -0.140. The van der Waals surface area contributed by atoms with Crippen LogP contribution in [0.4, 0.5) is 0 Å². The topological polar surface area (TPSA) is 70.8 Å². The Labute approximate surface area is 169 Å². The Morgan fingerprint density at radius 3 is 2.80 bits per heavy atom. The van der Waals surface area contributed by atoms with Crippen LogP contribution in [-0.4, -0.2) is 32.7 Å². The number of aliphatic carboxylic acids is 1. The molecule has 1 aromatic heterocycles. The highest BCUT2D eigenvalue weighted by Gasteiger charge is 2.33. The maximum absolute atomic E-state index is 12.3. The van der Waals surface area contributed by atoms with Gasteiger partial charge in [0, 0.05) is 20.6 Å². The average molecular weight is 503 g/mol. The molecule has 0 aliphatic carbocycles. The average Bonchev–Trinajstić information content (AvgIpc) is 3.10. The van der Waals surface area contributed by atoms with Crippen LogP contribution in [0.15, 0.2) is 48.6 Å². The van der Waals surface area contributed by atoms with Crippen molar-refractivity contribution in [1.29, 1.82) is 0 Å². The fraction of sp³-hybridized carbons (Fsp3) is 0.0625. The number of rotatable bonds is 4. The maximum Gasteiger partial charge on any atom is 0.323 e. The van der Waals surface area contributed by atoms with Gasteiger partial charge in [0.1, 0.15) is 22.4 Å². The van der Waals surface area contributed by atoms with Crippen molar-refractivity contribution in [3.8, 4) is 11.3 Å². The first-order valence-electron chi connectivity index (χ1n) is 6.87. The second-order valence-corrected chi connectivity index (χ2v) is 8.43. The number of thioether (sulfide) groups is 1. The van der Waals surface area contributed by atoms with Crippen LogP contribution in [0.1, 0.15) is 5.76 Å². The highest BCUT2D eigenvalue weighted by Crippen LogP contribution is 2.35. The molecule has 1 saturated heterocycles. The Balaban J connectivity index is 1.87. The minimum Gasteiger partial charge on any atom is -0.480 e. The molecule has 128 valence electrons. The summed E-state index contributed by atoms with van der Waals surface area (Å²) in [6, 6.07) is 9.27. The standard InChI is InChI=1S/C16H9Br2NO4S2/c17-8-1-3-11(18)10(5-8)12-4-2-9(23-12)6-13-15(22)19(7-14(20)21)16(24)25-13/h1-6H,7H2,(H,20,21)/b13-6+. The number of hydrogen-bond donors (Lipinski definition) is 1. The summed E-state index contributed by atoms with van der Waals surface area (Å²) in [6.45, 7) is -0.448. The molecule has 1 aliphatic heterocycles. The summed E-state index contributed by atoms with van der Waals surface area (Å²) in [7, 11) is 0. The molecule has 9 heteroatoms. The number of carboxylic acid groups (broad SMARTS) is 1. The molecule has 2 heterocycles. The molecule has 0 radical (unpaired) electrons. The predicted molar refractivity (Wildman–Crippen MR) is 107 cm³/mol. The van der Waals surface area contributed by atoms with Gasteiger partial charge in [0.25, 0.3) is 5.91 Å². The van der Waals surface area contributed by atoms with Gasteiger partial charge in [0.15, 0.2) is 0 Å². The van der Waals surface area contributed by atoms with Crippen LogP contribution in [-0.2, 0) is 9.59 Å². The Morgan fingerprint density at radius 2 is 2.08 bits per heavy atom. The molecule has 3 rings (SSSR count). The molecule has 0 saturated carbocycles. The summed E-state index contributed by atoms with van der Waals surface area (Å²) < 4.78 is 7.81. The monoisotopic (exact) mass is 501 g/mol. The van der Waals surface area contributed by atoms with Crippen LogP contribution in [0.5, 0.6) is 0 Å². The number of carbonyl (C=O) groups is 2. The van der Waals surface area contributed by atoms with Gasteiger partial charge < -0.3 is 9.52 Å². The van der Waals surface area contributed by atoms with Gasteiger partial charge in [-0.25, -0.2) is 0 Å². The normalized spacial score (nSPS) is 16.1. The SMILES string of the molecule is O=C(O)CN1C(=O)/C(=C\c2ccc(-c3cc(Br)ccc3Br)o2)SC1=S.